The summed E-state index contributed by atoms with van der Waals surface area (Å²) in [7, 11) is 1.63. The topological polar surface area (TPSA) is 91.3 Å². The molecule has 0 radical (unpaired) electrons. The quantitative estimate of drug-likeness (QED) is 0.0217. The van der Waals surface area contributed by atoms with Crippen molar-refractivity contribution >= 4 is 13.8 Å². The highest BCUT2D eigenvalue weighted by molar-refractivity contribution is 7.47. The van der Waals surface area contributed by atoms with Gasteiger partial charge in [-0.05, 0) is 44.9 Å². The molecule has 0 rings (SSSR count). The van der Waals surface area contributed by atoms with E-state index in [0.717, 1.165) is 32.1 Å². The Morgan fingerprint density at radius 3 is 1.49 bits per heavy atom. The number of carbonyl (C=O) groups excluding carboxylic acids is 1. The van der Waals surface area contributed by atoms with Gasteiger partial charge >= 0.3 is 13.8 Å². The molecule has 0 amide bonds. The second-order valence-electron chi connectivity index (χ2n) is 16.1. The van der Waals surface area contributed by atoms with Crippen LogP contribution in [-0.2, 0) is 27.9 Å². The van der Waals surface area contributed by atoms with Gasteiger partial charge in [0, 0.05) is 13.0 Å². The van der Waals surface area contributed by atoms with Gasteiger partial charge in [0.2, 0.25) is 0 Å². The molecule has 0 spiro atoms. The Labute approximate surface area is 339 Å². The van der Waals surface area contributed by atoms with E-state index in [4.69, 9.17) is 18.5 Å². The Bertz CT molecular complexity index is 1020. The fourth-order valence-corrected chi connectivity index (χ4v) is 6.65. The Kier molecular flexibility index (Phi) is 38.2. The molecule has 0 aliphatic rings. The molecule has 0 aromatic rings. The minimum Gasteiger partial charge on any atom is -0.457 e. The molecule has 0 fully saturated rings. The van der Waals surface area contributed by atoms with Crippen LogP contribution in [0, 0.1) is 0 Å². The molecule has 322 valence electrons. The molecule has 0 saturated carbocycles. The van der Waals surface area contributed by atoms with Gasteiger partial charge in [-0.15, -0.1) is 0 Å². The number of ether oxygens (including phenoxy) is 2. The number of esters is 1. The van der Waals surface area contributed by atoms with Gasteiger partial charge in [0.15, 0.2) is 0 Å². The molecule has 0 aromatic carbocycles. The van der Waals surface area contributed by atoms with Crippen molar-refractivity contribution in [2.75, 3.05) is 54.1 Å². The number of carbonyl (C=O) groups is 1. The monoisotopic (exact) mass is 797 g/mol. The normalized spacial score (nSPS) is 14.2. The number of hydrogen-bond donors (Lipinski definition) is 1. The molecule has 0 aliphatic carbocycles. The molecule has 2 atom stereocenters. The van der Waals surface area contributed by atoms with Crippen molar-refractivity contribution in [1.82, 2.24) is 0 Å². The maximum absolute atomic E-state index is 12.7. The van der Waals surface area contributed by atoms with E-state index in [0.29, 0.717) is 24.1 Å². The Morgan fingerprint density at radius 1 is 0.564 bits per heavy atom. The number of phosphoric ester groups is 1. The Balaban J connectivity index is 4.34. The smallest absolute Gasteiger partial charge is 0.457 e. The number of phosphoric acid groups is 1. The van der Waals surface area contributed by atoms with Crippen LogP contribution in [0.2, 0.25) is 0 Å². The van der Waals surface area contributed by atoms with Crippen LogP contribution < -0.4 is 0 Å². The first kappa shape index (κ1) is 53.5. The SMILES string of the molecule is CCCCCC/C=C\C/C=C\C/C=C\C/C=C\CCC(=O)OC(COCCCCCCCCCCCCCCCCCC)COP(=O)(O)OCC[N+](C)(C)C. The first-order chi connectivity index (χ1) is 26.6. The predicted octanol–water partition coefficient (Wildman–Crippen LogP) is 13.2. The van der Waals surface area contributed by atoms with Crippen molar-refractivity contribution in [3.05, 3.63) is 48.6 Å². The molecule has 2 unspecified atom stereocenters. The van der Waals surface area contributed by atoms with Crippen molar-refractivity contribution in [1.29, 1.82) is 0 Å². The summed E-state index contributed by atoms with van der Waals surface area (Å²) >= 11 is 0. The summed E-state index contributed by atoms with van der Waals surface area (Å²) in [6.45, 7) is 5.52. The zero-order chi connectivity index (χ0) is 40.6. The van der Waals surface area contributed by atoms with Crippen LogP contribution in [0.1, 0.15) is 181 Å². The zero-order valence-corrected chi connectivity index (χ0v) is 37.3. The van der Waals surface area contributed by atoms with Crippen LogP contribution in [0.4, 0.5) is 0 Å². The van der Waals surface area contributed by atoms with Crippen molar-refractivity contribution in [3.63, 3.8) is 0 Å². The van der Waals surface area contributed by atoms with Gasteiger partial charge in [-0.25, -0.2) is 4.57 Å². The highest BCUT2D eigenvalue weighted by Gasteiger charge is 2.26. The average Bonchev–Trinajstić information content (AvgIpc) is 3.13. The fourth-order valence-electron chi connectivity index (χ4n) is 5.91. The van der Waals surface area contributed by atoms with E-state index in [2.05, 4.69) is 50.3 Å². The third-order valence-electron chi connectivity index (χ3n) is 9.41. The first-order valence-corrected chi connectivity index (χ1v) is 23.9. The van der Waals surface area contributed by atoms with Gasteiger partial charge in [-0.1, -0.05) is 178 Å². The maximum atomic E-state index is 12.7. The minimum atomic E-state index is -4.29. The van der Waals surface area contributed by atoms with Gasteiger partial charge in [0.25, 0.3) is 0 Å². The van der Waals surface area contributed by atoms with Crippen molar-refractivity contribution in [2.45, 2.75) is 187 Å². The second-order valence-corrected chi connectivity index (χ2v) is 17.5. The molecule has 0 saturated heterocycles. The fraction of sp³-hybridized carbons (Fsp3) is 0.804. The van der Waals surface area contributed by atoms with Gasteiger partial charge in [0.1, 0.15) is 19.3 Å². The maximum Gasteiger partial charge on any atom is 0.472 e. The number of allylic oxidation sites excluding steroid dienone is 8. The molecule has 9 heteroatoms. The van der Waals surface area contributed by atoms with Crippen molar-refractivity contribution < 1.29 is 37.3 Å². The lowest BCUT2D eigenvalue weighted by Crippen LogP contribution is -2.37. The lowest BCUT2D eigenvalue weighted by atomic mass is 10.0. The van der Waals surface area contributed by atoms with Gasteiger partial charge in [0.05, 0.1) is 34.4 Å². The molecule has 8 nitrogen and oxygen atoms in total. The number of unbranched alkanes of at least 4 members (excludes halogenated alkanes) is 19. The molecule has 0 bridgehead atoms. The van der Waals surface area contributed by atoms with Crippen LogP contribution in [0.3, 0.4) is 0 Å². The van der Waals surface area contributed by atoms with E-state index in [9.17, 15) is 14.3 Å². The number of likely N-dealkylation sites (N-methyl/N-ethyl adjacent to an activating group) is 1. The van der Waals surface area contributed by atoms with Crippen LogP contribution in [0.5, 0.6) is 0 Å². The summed E-state index contributed by atoms with van der Waals surface area (Å²) in [5.41, 5.74) is 0. The van der Waals surface area contributed by atoms with Gasteiger partial charge in [-0.2, -0.15) is 0 Å². The summed E-state index contributed by atoms with van der Waals surface area (Å²) in [5.74, 6) is -0.390. The molecular weight excluding hydrogens is 709 g/mol. The van der Waals surface area contributed by atoms with Gasteiger partial charge in [-0.3, -0.25) is 13.8 Å². The molecular formula is C46H87NO7P+. The number of rotatable bonds is 41. The minimum absolute atomic E-state index is 0.0760. The van der Waals surface area contributed by atoms with Crippen LogP contribution in [0.15, 0.2) is 48.6 Å². The summed E-state index contributed by atoms with van der Waals surface area (Å²) < 4.78 is 34.9. The summed E-state index contributed by atoms with van der Waals surface area (Å²) in [5, 5.41) is 0. The van der Waals surface area contributed by atoms with E-state index in [1.807, 2.05) is 33.3 Å². The first-order valence-electron chi connectivity index (χ1n) is 22.4. The van der Waals surface area contributed by atoms with E-state index < -0.39 is 19.9 Å². The summed E-state index contributed by atoms with van der Waals surface area (Å²) in [6.07, 6.45) is 47.3. The van der Waals surface area contributed by atoms with E-state index >= 15 is 0 Å². The predicted molar refractivity (Wildman–Crippen MR) is 233 cm³/mol. The summed E-state index contributed by atoms with van der Waals surface area (Å²) in [6, 6.07) is 0. The van der Waals surface area contributed by atoms with Gasteiger partial charge < -0.3 is 18.9 Å². The molecule has 55 heavy (non-hydrogen) atoms. The number of quaternary nitrogens is 1. The molecule has 0 heterocycles. The van der Waals surface area contributed by atoms with E-state index in [1.54, 1.807) is 0 Å². The Morgan fingerprint density at radius 2 is 1.00 bits per heavy atom. The average molecular weight is 797 g/mol. The highest BCUT2D eigenvalue weighted by Crippen LogP contribution is 2.43. The standard InChI is InChI=1S/C46H86NO7P/c1-6-8-10-12-14-16-18-20-22-24-25-27-29-31-33-35-37-39-46(48)54-45(44-53-55(49,50)52-42-40-47(3,4)5)43-51-41-38-36-34-32-30-28-26-23-21-19-17-15-13-11-9-7-2/h16,18,22,24,27,29,33,35,45H,6-15,17,19-21,23,25-26,28,30-32,34,36-44H2,1-5H3/p+1/b18-16-,24-22-,29-27-,35-33-. The van der Waals surface area contributed by atoms with E-state index in [-0.39, 0.29) is 26.2 Å². The number of hydrogen-bond acceptors (Lipinski definition) is 6. The van der Waals surface area contributed by atoms with Crippen LogP contribution in [0.25, 0.3) is 0 Å². The zero-order valence-electron chi connectivity index (χ0n) is 36.4. The third-order valence-corrected chi connectivity index (χ3v) is 10.4. The third kappa shape index (κ3) is 43.4. The van der Waals surface area contributed by atoms with Crippen molar-refractivity contribution in [2.24, 2.45) is 0 Å². The number of nitrogens with zero attached hydrogens (tertiary/aromatic N) is 1. The molecule has 0 aromatic heterocycles. The lowest BCUT2D eigenvalue weighted by molar-refractivity contribution is -0.870. The molecule has 1 N–H and O–H groups in total. The summed E-state index contributed by atoms with van der Waals surface area (Å²) in [4.78, 5) is 22.8. The largest absolute Gasteiger partial charge is 0.472 e. The van der Waals surface area contributed by atoms with E-state index in [1.165, 1.54) is 122 Å². The lowest BCUT2D eigenvalue weighted by Gasteiger charge is -2.24. The van der Waals surface area contributed by atoms with Crippen molar-refractivity contribution in [3.8, 4) is 0 Å². The Hall–Kier alpha value is -1.54. The highest BCUT2D eigenvalue weighted by atomic mass is 31.2. The van der Waals surface area contributed by atoms with Crippen LogP contribution in [-0.4, -0.2) is 75.6 Å². The second kappa shape index (κ2) is 39.3. The van der Waals surface area contributed by atoms with Crippen LogP contribution >= 0.6 is 7.82 Å². The molecule has 0 aliphatic heterocycles.